The van der Waals surface area contributed by atoms with Gasteiger partial charge in [-0.2, -0.15) is 0 Å². The average molecular weight is 440 g/mol. The van der Waals surface area contributed by atoms with E-state index in [1.807, 2.05) is 29.6 Å². The lowest BCUT2D eigenvalue weighted by Crippen LogP contribution is -2.19. The van der Waals surface area contributed by atoms with E-state index < -0.39 is 11.8 Å². The van der Waals surface area contributed by atoms with Gasteiger partial charge in [0, 0.05) is 28.5 Å². The van der Waals surface area contributed by atoms with Crippen LogP contribution in [0, 0.1) is 5.82 Å². The van der Waals surface area contributed by atoms with Gasteiger partial charge in [0.1, 0.15) is 22.3 Å². The predicted molar refractivity (Wildman–Crippen MR) is 118 cm³/mol. The predicted octanol–water partition coefficient (Wildman–Crippen LogP) is 7.04. The number of nitrogens with one attached hydrogen (secondary N) is 2. The number of halogens is 2. The van der Waals surface area contributed by atoms with Crippen LogP contribution in [-0.4, -0.2) is 11.0 Å². The molecule has 8 heteroatoms. The molecule has 0 saturated heterocycles. The van der Waals surface area contributed by atoms with E-state index in [1.54, 1.807) is 41.8 Å². The van der Waals surface area contributed by atoms with Gasteiger partial charge in [-0.05, 0) is 66.7 Å². The summed E-state index contributed by atoms with van der Waals surface area (Å²) in [5, 5.41) is 8.11. The summed E-state index contributed by atoms with van der Waals surface area (Å²) >= 11 is 7.29. The van der Waals surface area contributed by atoms with E-state index in [2.05, 4.69) is 15.6 Å². The van der Waals surface area contributed by atoms with Crippen LogP contribution in [0.1, 0.15) is 0 Å². The molecule has 150 valence electrons. The number of ether oxygens (including phenoxy) is 1. The van der Waals surface area contributed by atoms with Crippen molar-refractivity contribution in [2.75, 3.05) is 10.6 Å². The number of carbonyl (C=O) groups is 1. The normalized spacial score (nSPS) is 10.5. The van der Waals surface area contributed by atoms with Gasteiger partial charge in [-0.3, -0.25) is 0 Å². The van der Waals surface area contributed by atoms with Crippen LogP contribution >= 0.6 is 22.9 Å². The Kier molecular flexibility index (Phi) is 5.92. The number of thiazole rings is 1. The summed E-state index contributed by atoms with van der Waals surface area (Å²) in [5.41, 5.74) is 2.00. The Balaban J connectivity index is 1.34. The van der Waals surface area contributed by atoms with E-state index in [0.717, 1.165) is 10.6 Å². The fraction of sp³-hybridized carbons (Fsp3) is 0. The van der Waals surface area contributed by atoms with E-state index in [1.165, 1.54) is 18.2 Å². The Hall–Kier alpha value is -3.42. The second-order valence-corrected chi connectivity index (χ2v) is 7.50. The summed E-state index contributed by atoms with van der Waals surface area (Å²) in [6, 6.07) is 18.1. The van der Waals surface area contributed by atoms with Gasteiger partial charge in [0.05, 0.1) is 5.02 Å². The molecule has 0 bridgehead atoms. The van der Waals surface area contributed by atoms with Crippen molar-refractivity contribution in [3.63, 3.8) is 0 Å². The molecule has 4 aromatic rings. The van der Waals surface area contributed by atoms with Crippen molar-refractivity contribution in [1.82, 2.24) is 4.98 Å². The first-order valence-electron chi connectivity index (χ1n) is 8.88. The lowest BCUT2D eigenvalue weighted by Gasteiger charge is -2.10. The molecule has 0 aliphatic heterocycles. The van der Waals surface area contributed by atoms with E-state index in [9.17, 15) is 9.18 Å². The number of hydrogen-bond donors (Lipinski definition) is 2. The highest BCUT2D eigenvalue weighted by molar-refractivity contribution is 7.13. The lowest BCUT2D eigenvalue weighted by atomic mass is 10.2. The second-order valence-electron chi connectivity index (χ2n) is 6.20. The Labute approximate surface area is 181 Å². The number of amides is 2. The van der Waals surface area contributed by atoms with E-state index in [-0.39, 0.29) is 5.02 Å². The zero-order valence-electron chi connectivity index (χ0n) is 15.4. The molecular weight excluding hydrogens is 425 g/mol. The highest BCUT2D eigenvalue weighted by atomic mass is 35.5. The van der Waals surface area contributed by atoms with Crippen LogP contribution in [-0.2, 0) is 0 Å². The molecule has 3 aromatic carbocycles. The number of aromatic nitrogens is 1. The Bertz CT molecular complexity index is 1150. The molecule has 0 unspecified atom stereocenters. The van der Waals surface area contributed by atoms with Crippen molar-refractivity contribution in [2.24, 2.45) is 0 Å². The van der Waals surface area contributed by atoms with Crippen molar-refractivity contribution < 1.29 is 13.9 Å². The quantitative estimate of drug-likeness (QED) is 0.350. The molecule has 30 heavy (non-hydrogen) atoms. The number of urea groups is 1. The maximum Gasteiger partial charge on any atom is 0.323 e. The number of anilines is 2. The van der Waals surface area contributed by atoms with Crippen LogP contribution in [0.2, 0.25) is 5.02 Å². The van der Waals surface area contributed by atoms with Crippen molar-refractivity contribution >= 4 is 40.3 Å². The summed E-state index contributed by atoms with van der Waals surface area (Å²) in [4.78, 5) is 16.4. The van der Waals surface area contributed by atoms with E-state index in [0.29, 0.717) is 22.9 Å². The van der Waals surface area contributed by atoms with Gasteiger partial charge in [0.25, 0.3) is 0 Å². The van der Waals surface area contributed by atoms with Crippen molar-refractivity contribution in [3.05, 3.63) is 89.1 Å². The summed E-state index contributed by atoms with van der Waals surface area (Å²) in [6.45, 7) is 0. The molecule has 0 saturated carbocycles. The molecule has 0 atom stereocenters. The van der Waals surface area contributed by atoms with Crippen LogP contribution < -0.4 is 15.4 Å². The smallest absolute Gasteiger partial charge is 0.323 e. The molecule has 0 aliphatic carbocycles. The summed E-state index contributed by atoms with van der Waals surface area (Å²) in [6.07, 6.45) is 1.77. The molecule has 0 radical (unpaired) electrons. The van der Waals surface area contributed by atoms with Gasteiger partial charge in [-0.15, -0.1) is 11.3 Å². The molecule has 5 nitrogen and oxygen atoms in total. The largest absolute Gasteiger partial charge is 0.457 e. The Morgan fingerprint density at radius 3 is 2.20 bits per heavy atom. The summed E-state index contributed by atoms with van der Waals surface area (Å²) in [7, 11) is 0. The highest BCUT2D eigenvalue weighted by Gasteiger charge is 2.06. The standard InChI is InChI=1S/C22H15ClFN3O2S/c23-19-13-16(5-10-20(19)24)27-22(28)26-15-3-8-18(9-4-15)29-17-6-1-14(2-7-17)21-25-11-12-30-21/h1-13H,(H2,26,27,28). The van der Waals surface area contributed by atoms with Gasteiger partial charge in [0.15, 0.2) is 0 Å². The molecule has 1 heterocycles. The number of benzene rings is 3. The maximum absolute atomic E-state index is 13.2. The Morgan fingerprint density at radius 2 is 1.57 bits per heavy atom. The molecule has 4 rings (SSSR count). The first kappa shape index (κ1) is 19.9. The molecule has 2 N–H and O–H groups in total. The minimum atomic E-state index is -0.545. The molecule has 0 fully saturated rings. The number of rotatable bonds is 5. The maximum atomic E-state index is 13.2. The highest BCUT2D eigenvalue weighted by Crippen LogP contribution is 2.27. The zero-order chi connectivity index (χ0) is 20.9. The molecular formula is C22H15ClFN3O2S. The summed E-state index contributed by atoms with van der Waals surface area (Å²) < 4.78 is 19.0. The average Bonchev–Trinajstić information content (AvgIpc) is 3.28. The SMILES string of the molecule is O=C(Nc1ccc(Oc2ccc(-c3nccs3)cc2)cc1)Nc1ccc(F)c(Cl)c1. The fourth-order valence-corrected chi connectivity index (χ4v) is 3.47. The fourth-order valence-electron chi connectivity index (χ4n) is 2.64. The third-order valence-electron chi connectivity index (χ3n) is 4.06. The first-order valence-corrected chi connectivity index (χ1v) is 10.1. The molecule has 1 aromatic heterocycles. The van der Waals surface area contributed by atoms with Crippen LogP contribution in [0.4, 0.5) is 20.6 Å². The minimum absolute atomic E-state index is 0.0611. The van der Waals surface area contributed by atoms with Gasteiger partial charge >= 0.3 is 6.03 Å². The number of hydrogen-bond acceptors (Lipinski definition) is 4. The Morgan fingerprint density at radius 1 is 0.933 bits per heavy atom. The summed E-state index contributed by atoms with van der Waals surface area (Å²) in [5.74, 6) is 0.784. The topological polar surface area (TPSA) is 63.2 Å². The van der Waals surface area contributed by atoms with E-state index >= 15 is 0 Å². The van der Waals surface area contributed by atoms with Crippen molar-refractivity contribution in [3.8, 4) is 22.1 Å². The van der Waals surface area contributed by atoms with Crippen molar-refractivity contribution in [1.29, 1.82) is 0 Å². The minimum Gasteiger partial charge on any atom is -0.457 e. The van der Waals surface area contributed by atoms with Crippen LogP contribution in [0.25, 0.3) is 10.6 Å². The molecule has 2 amide bonds. The third-order valence-corrected chi connectivity index (χ3v) is 5.17. The van der Waals surface area contributed by atoms with Crippen LogP contribution in [0.3, 0.4) is 0 Å². The zero-order valence-corrected chi connectivity index (χ0v) is 17.0. The number of nitrogens with zero attached hydrogens (tertiary/aromatic N) is 1. The van der Waals surface area contributed by atoms with Gasteiger partial charge in [0.2, 0.25) is 0 Å². The molecule has 0 spiro atoms. The van der Waals surface area contributed by atoms with Gasteiger partial charge in [-0.25, -0.2) is 14.2 Å². The van der Waals surface area contributed by atoms with Crippen LogP contribution in [0.15, 0.2) is 78.3 Å². The van der Waals surface area contributed by atoms with Gasteiger partial charge in [-0.1, -0.05) is 11.6 Å². The van der Waals surface area contributed by atoms with Crippen LogP contribution in [0.5, 0.6) is 11.5 Å². The molecule has 0 aliphatic rings. The van der Waals surface area contributed by atoms with E-state index in [4.69, 9.17) is 16.3 Å². The lowest BCUT2D eigenvalue weighted by molar-refractivity contribution is 0.262. The third kappa shape index (κ3) is 4.94. The van der Waals surface area contributed by atoms with Gasteiger partial charge < -0.3 is 15.4 Å². The number of carbonyl (C=O) groups excluding carboxylic acids is 1. The first-order chi connectivity index (χ1) is 14.6. The van der Waals surface area contributed by atoms with Crippen molar-refractivity contribution in [2.45, 2.75) is 0 Å². The monoisotopic (exact) mass is 439 g/mol. The second kappa shape index (κ2) is 8.94.